The van der Waals surface area contributed by atoms with Crippen molar-refractivity contribution in [2.24, 2.45) is 0 Å². The molecule has 1 atom stereocenters. The van der Waals surface area contributed by atoms with Gasteiger partial charge in [0.1, 0.15) is 0 Å². The highest BCUT2D eigenvalue weighted by atomic mass is 32.1. The Kier molecular flexibility index (Phi) is 4.52. The molecule has 2 aromatic heterocycles. The maximum atomic E-state index is 12.5. The van der Waals surface area contributed by atoms with Crippen LogP contribution in [0.15, 0.2) is 6.07 Å². The van der Waals surface area contributed by atoms with Crippen molar-refractivity contribution in [2.75, 3.05) is 0 Å². The minimum absolute atomic E-state index is 0.0132. The van der Waals surface area contributed by atoms with Gasteiger partial charge in [0, 0.05) is 22.8 Å². The third kappa shape index (κ3) is 3.02. The highest BCUT2D eigenvalue weighted by Crippen LogP contribution is 2.25. The lowest BCUT2D eigenvalue weighted by Gasteiger charge is -2.13. The molecule has 21 heavy (non-hydrogen) atoms. The van der Waals surface area contributed by atoms with Crippen LogP contribution in [0.1, 0.15) is 57.2 Å². The van der Waals surface area contributed by atoms with Crippen molar-refractivity contribution < 1.29 is 4.79 Å². The van der Waals surface area contributed by atoms with Gasteiger partial charge >= 0.3 is 0 Å². The van der Waals surface area contributed by atoms with Gasteiger partial charge in [-0.1, -0.05) is 0 Å². The minimum Gasteiger partial charge on any atom is -0.349 e. The van der Waals surface area contributed by atoms with Crippen molar-refractivity contribution in [3.8, 4) is 0 Å². The molecule has 1 N–H and O–H groups in total. The average Bonchev–Trinajstić information content (AvgIpc) is 2.89. The molecule has 0 aliphatic heterocycles. The molecular formula is C16H23N3OS. The van der Waals surface area contributed by atoms with Gasteiger partial charge in [-0.05, 0) is 47.6 Å². The zero-order valence-electron chi connectivity index (χ0n) is 13.6. The quantitative estimate of drug-likeness (QED) is 0.936. The Hall–Kier alpha value is -1.62. The zero-order chi connectivity index (χ0) is 15.7. The molecule has 1 amide bonds. The maximum absolute atomic E-state index is 12.5. The zero-order valence-corrected chi connectivity index (χ0v) is 14.4. The highest BCUT2D eigenvalue weighted by molar-refractivity contribution is 7.11. The number of hydrogen-bond acceptors (Lipinski definition) is 3. The smallest absolute Gasteiger partial charge is 0.253 e. The van der Waals surface area contributed by atoms with Crippen LogP contribution in [-0.2, 0) is 6.54 Å². The summed E-state index contributed by atoms with van der Waals surface area (Å²) in [5.74, 6) is -0.0132. The highest BCUT2D eigenvalue weighted by Gasteiger charge is 2.19. The van der Waals surface area contributed by atoms with Crippen molar-refractivity contribution in [2.45, 2.75) is 54.1 Å². The second-order valence-electron chi connectivity index (χ2n) is 5.41. The Morgan fingerprint density at radius 1 is 1.38 bits per heavy atom. The Morgan fingerprint density at radius 2 is 2.05 bits per heavy atom. The van der Waals surface area contributed by atoms with Crippen molar-refractivity contribution in [3.05, 3.63) is 38.6 Å². The van der Waals surface area contributed by atoms with E-state index in [4.69, 9.17) is 0 Å². The van der Waals surface area contributed by atoms with E-state index in [-0.39, 0.29) is 11.9 Å². The van der Waals surface area contributed by atoms with Gasteiger partial charge in [-0.25, -0.2) is 4.98 Å². The van der Waals surface area contributed by atoms with Crippen LogP contribution < -0.4 is 5.32 Å². The van der Waals surface area contributed by atoms with Crippen molar-refractivity contribution in [1.82, 2.24) is 14.9 Å². The maximum Gasteiger partial charge on any atom is 0.253 e. The first kappa shape index (κ1) is 15.8. The molecule has 2 heterocycles. The number of carbonyl (C=O) groups is 1. The number of nitrogens with one attached hydrogen (secondary N) is 1. The van der Waals surface area contributed by atoms with E-state index in [9.17, 15) is 4.79 Å². The van der Waals surface area contributed by atoms with Crippen molar-refractivity contribution >= 4 is 17.2 Å². The van der Waals surface area contributed by atoms with Crippen LogP contribution in [0.2, 0.25) is 0 Å². The predicted octanol–water partition coefficient (Wildman–Crippen LogP) is 3.69. The number of aryl methyl sites for hydroxylation is 3. The lowest BCUT2D eigenvalue weighted by Crippen LogP contribution is -2.27. The SMILES string of the molecule is CCn1c(C)cc(C(=O)N[C@H](C)c2sc(C)nc2C)c1C. The van der Waals surface area contributed by atoms with E-state index in [0.717, 1.165) is 39.1 Å². The van der Waals surface area contributed by atoms with Crippen molar-refractivity contribution in [1.29, 1.82) is 0 Å². The Balaban J connectivity index is 2.20. The fourth-order valence-electron chi connectivity index (χ4n) is 2.81. The summed E-state index contributed by atoms with van der Waals surface area (Å²) in [7, 11) is 0. The summed E-state index contributed by atoms with van der Waals surface area (Å²) in [6.45, 7) is 13.0. The Morgan fingerprint density at radius 3 is 2.52 bits per heavy atom. The molecule has 5 heteroatoms. The normalized spacial score (nSPS) is 12.5. The second-order valence-corrected chi connectivity index (χ2v) is 6.64. The van der Waals surface area contributed by atoms with E-state index in [2.05, 4.69) is 21.8 Å². The van der Waals surface area contributed by atoms with Gasteiger partial charge in [0.25, 0.3) is 5.91 Å². The fraction of sp³-hybridized carbons (Fsp3) is 0.500. The van der Waals surface area contributed by atoms with E-state index >= 15 is 0 Å². The first-order valence-electron chi connectivity index (χ1n) is 7.26. The average molecular weight is 305 g/mol. The molecule has 2 aromatic rings. The predicted molar refractivity (Wildman–Crippen MR) is 87.0 cm³/mol. The molecule has 2 rings (SSSR count). The molecule has 0 bridgehead atoms. The Bertz CT molecular complexity index is 669. The molecule has 0 saturated carbocycles. The van der Waals surface area contributed by atoms with E-state index in [1.165, 1.54) is 0 Å². The van der Waals surface area contributed by atoms with E-state index < -0.39 is 0 Å². The number of carbonyl (C=O) groups excluding carboxylic acids is 1. The van der Waals surface area contributed by atoms with Crippen molar-refractivity contribution in [3.63, 3.8) is 0 Å². The van der Waals surface area contributed by atoms with Gasteiger partial charge in [-0.15, -0.1) is 11.3 Å². The van der Waals surface area contributed by atoms with E-state index in [1.807, 2.05) is 40.7 Å². The standard InChI is InChI=1S/C16H23N3OS/c1-7-19-9(2)8-14(12(19)5)16(20)18-11(4)15-10(3)17-13(6)21-15/h8,11H,7H2,1-6H3,(H,18,20)/t11-/m1/s1. The Labute approximate surface area is 130 Å². The van der Waals surface area contributed by atoms with Crippen LogP contribution in [0.4, 0.5) is 0 Å². The van der Waals surface area contributed by atoms with Gasteiger partial charge in [0.15, 0.2) is 0 Å². The molecule has 0 spiro atoms. The third-order valence-corrected chi connectivity index (χ3v) is 5.07. The van der Waals surface area contributed by atoms with Crippen LogP contribution in [0.25, 0.3) is 0 Å². The molecular weight excluding hydrogens is 282 g/mol. The van der Waals surface area contributed by atoms with Crippen LogP contribution in [0, 0.1) is 27.7 Å². The molecule has 0 aromatic carbocycles. The van der Waals surface area contributed by atoms with Gasteiger partial charge in [0.05, 0.1) is 22.3 Å². The molecule has 0 unspecified atom stereocenters. The molecule has 4 nitrogen and oxygen atoms in total. The number of amides is 1. The minimum atomic E-state index is -0.0200. The third-order valence-electron chi connectivity index (χ3n) is 3.81. The van der Waals surface area contributed by atoms with Gasteiger partial charge in [-0.3, -0.25) is 4.79 Å². The number of hydrogen-bond donors (Lipinski definition) is 1. The van der Waals surface area contributed by atoms with E-state index in [1.54, 1.807) is 11.3 Å². The molecule has 0 saturated heterocycles. The number of thiazole rings is 1. The molecule has 0 radical (unpaired) electrons. The largest absolute Gasteiger partial charge is 0.349 e. The summed E-state index contributed by atoms with van der Waals surface area (Å²) in [5, 5.41) is 4.13. The second kappa shape index (κ2) is 6.02. The van der Waals surface area contributed by atoms with Crippen LogP contribution in [-0.4, -0.2) is 15.5 Å². The van der Waals surface area contributed by atoms with Crippen LogP contribution >= 0.6 is 11.3 Å². The summed E-state index contributed by atoms with van der Waals surface area (Å²) in [6.07, 6.45) is 0. The summed E-state index contributed by atoms with van der Waals surface area (Å²) in [4.78, 5) is 18.1. The van der Waals surface area contributed by atoms with Crippen LogP contribution in [0.3, 0.4) is 0 Å². The van der Waals surface area contributed by atoms with Gasteiger partial charge in [-0.2, -0.15) is 0 Å². The lowest BCUT2D eigenvalue weighted by atomic mass is 10.2. The molecule has 0 fully saturated rings. The first-order chi connectivity index (χ1) is 9.85. The monoisotopic (exact) mass is 305 g/mol. The molecule has 114 valence electrons. The summed E-state index contributed by atoms with van der Waals surface area (Å²) in [5.41, 5.74) is 3.92. The number of aromatic nitrogens is 2. The van der Waals surface area contributed by atoms with E-state index in [0.29, 0.717) is 0 Å². The molecule has 0 aliphatic rings. The summed E-state index contributed by atoms with van der Waals surface area (Å²) in [6, 6.07) is 1.94. The number of rotatable bonds is 4. The molecule has 0 aliphatic carbocycles. The first-order valence-corrected chi connectivity index (χ1v) is 8.08. The summed E-state index contributed by atoms with van der Waals surface area (Å²) < 4.78 is 2.15. The summed E-state index contributed by atoms with van der Waals surface area (Å²) >= 11 is 1.65. The van der Waals surface area contributed by atoms with Gasteiger partial charge < -0.3 is 9.88 Å². The topological polar surface area (TPSA) is 46.9 Å². The van der Waals surface area contributed by atoms with Crippen LogP contribution in [0.5, 0.6) is 0 Å². The van der Waals surface area contributed by atoms with Gasteiger partial charge in [0.2, 0.25) is 0 Å². The lowest BCUT2D eigenvalue weighted by molar-refractivity contribution is 0.0939. The number of nitrogens with zero attached hydrogens (tertiary/aromatic N) is 2. The fourth-order valence-corrected chi connectivity index (χ4v) is 3.74.